The topological polar surface area (TPSA) is 29.4 Å². The predicted molar refractivity (Wildman–Crippen MR) is 34.1 cm³/mol. The summed E-state index contributed by atoms with van der Waals surface area (Å²) in [6.45, 7) is 5.15. The van der Waals surface area contributed by atoms with Crippen LogP contribution >= 0.6 is 0 Å². The Kier molecular flexibility index (Phi) is 4.13. The number of aliphatic imine (C=N–C) groups is 1. The van der Waals surface area contributed by atoms with E-state index in [2.05, 4.69) is 11.7 Å². The van der Waals surface area contributed by atoms with Gasteiger partial charge in [-0.25, -0.2) is 4.99 Å². The number of nitrogens with zero attached hydrogens (tertiary/aromatic N) is 1. The van der Waals surface area contributed by atoms with Crippen LogP contribution in [0.25, 0.3) is 0 Å². The zero-order valence-corrected chi connectivity index (χ0v) is 5.18. The van der Waals surface area contributed by atoms with Crippen molar-refractivity contribution in [3.63, 3.8) is 0 Å². The lowest BCUT2D eigenvalue weighted by Crippen LogP contribution is -1.89. The van der Waals surface area contributed by atoms with E-state index in [-0.39, 0.29) is 5.91 Å². The summed E-state index contributed by atoms with van der Waals surface area (Å²) in [6, 6.07) is 0. The van der Waals surface area contributed by atoms with Crippen molar-refractivity contribution in [1.82, 2.24) is 0 Å². The molecule has 1 amide bonds. The smallest absolute Gasteiger partial charge is 0.245 e. The number of hydrogen-bond acceptors (Lipinski definition) is 1. The van der Waals surface area contributed by atoms with Gasteiger partial charge in [0.2, 0.25) is 5.91 Å². The van der Waals surface area contributed by atoms with Crippen LogP contribution in [0.4, 0.5) is 0 Å². The molecule has 0 bridgehead atoms. The van der Waals surface area contributed by atoms with Crippen molar-refractivity contribution in [3.05, 3.63) is 0 Å². The van der Waals surface area contributed by atoms with Gasteiger partial charge in [-0.3, -0.25) is 4.79 Å². The van der Waals surface area contributed by atoms with Crippen LogP contribution in [0, 0.1) is 0 Å². The molecule has 0 aliphatic rings. The van der Waals surface area contributed by atoms with Gasteiger partial charge in [0.25, 0.3) is 0 Å². The van der Waals surface area contributed by atoms with Gasteiger partial charge in [-0.15, -0.1) is 0 Å². The Balaban J connectivity index is 3.11. The van der Waals surface area contributed by atoms with Crippen molar-refractivity contribution in [2.75, 3.05) is 0 Å². The van der Waals surface area contributed by atoms with Gasteiger partial charge < -0.3 is 0 Å². The molecule has 8 heavy (non-hydrogen) atoms. The number of carbonyl (C=O) groups excluding carboxylic acids is 1. The molecule has 0 aromatic carbocycles. The van der Waals surface area contributed by atoms with Crippen molar-refractivity contribution in [1.29, 1.82) is 0 Å². The van der Waals surface area contributed by atoms with Crippen LogP contribution in [0.3, 0.4) is 0 Å². The average molecular weight is 113 g/mol. The van der Waals surface area contributed by atoms with Gasteiger partial charge in [-0.1, -0.05) is 13.3 Å². The second-order valence-corrected chi connectivity index (χ2v) is 1.66. The first-order valence-electron chi connectivity index (χ1n) is 2.80. The third-order valence-corrected chi connectivity index (χ3v) is 0.921. The van der Waals surface area contributed by atoms with Crippen molar-refractivity contribution >= 4 is 12.6 Å². The van der Waals surface area contributed by atoms with Crippen LogP contribution < -0.4 is 0 Å². The summed E-state index contributed by atoms with van der Waals surface area (Å²) in [5.74, 6) is -0.0909. The molecule has 2 heteroatoms. The molecule has 0 saturated carbocycles. The van der Waals surface area contributed by atoms with Crippen molar-refractivity contribution in [2.45, 2.75) is 26.2 Å². The Labute approximate surface area is 49.6 Å². The quantitative estimate of drug-likeness (QED) is 0.509. The summed E-state index contributed by atoms with van der Waals surface area (Å²) in [6.07, 6.45) is 2.53. The fourth-order valence-corrected chi connectivity index (χ4v) is 0.407. The summed E-state index contributed by atoms with van der Waals surface area (Å²) in [5.41, 5.74) is 0. The van der Waals surface area contributed by atoms with Crippen LogP contribution in [0.15, 0.2) is 4.99 Å². The monoisotopic (exact) mass is 113 g/mol. The molecule has 0 spiro atoms. The second-order valence-electron chi connectivity index (χ2n) is 1.66. The number of hydrogen-bond donors (Lipinski definition) is 0. The minimum absolute atomic E-state index is 0.0909. The van der Waals surface area contributed by atoms with Crippen LogP contribution in [0.5, 0.6) is 0 Å². The lowest BCUT2D eigenvalue weighted by Gasteiger charge is -1.87. The first-order chi connectivity index (χ1) is 3.81. The standard InChI is InChI=1S/C6H11NO/c1-3-4-5-6(8)7-2/h2-5H2,1H3. The van der Waals surface area contributed by atoms with Gasteiger partial charge >= 0.3 is 0 Å². The maximum absolute atomic E-state index is 10.3. The molecule has 0 aliphatic heterocycles. The number of amides is 1. The van der Waals surface area contributed by atoms with Crippen LogP contribution in [-0.2, 0) is 4.79 Å². The molecule has 0 fully saturated rings. The first-order valence-corrected chi connectivity index (χ1v) is 2.80. The summed E-state index contributed by atoms with van der Waals surface area (Å²) in [5, 5.41) is 0. The van der Waals surface area contributed by atoms with Gasteiger partial charge in [0.05, 0.1) is 0 Å². The molecular weight excluding hydrogens is 102 g/mol. The SMILES string of the molecule is C=NC(=O)CCCC. The molecule has 0 aromatic rings. The molecule has 2 nitrogen and oxygen atoms in total. The number of unbranched alkanes of at least 4 members (excludes halogenated alkanes) is 1. The fraction of sp³-hybridized carbons (Fsp3) is 0.667. The highest BCUT2D eigenvalue weighted by Gasteiger charge is 1.92. The summed E-state index contributed by atoms with van der Waals surface area (Å²) < 4.78 is 0. The van der Waals surface area contributed by atoms with Crippen molar-refractivity contribution in [3.8, 4) is 0 Å². The van der Waals surface area contributed by atoms with Crippen molar-refractivity contribution < 1.29 is 4.79 Å². The van der Waals surface area contributed by atoms with Gasteiger partial charge in [0.15, 0.2) is 0 Å². The highest BCUT2D eigenvalue weighted by atomic mass is 16.1. The third kappa shape index (κ3) is 3.53. The van der Waals surface area contributed by atoms with Gasteiger partial charge in [0.1, 0.15) is 0 Å². The van der Waals surface area contributed by atoms with E-state index in [4.69, 9.17) is 0 Å². The molecule has 0 aliphatic carbocycles. The Hall–Kier alpha value is -0.660. The van der Waals surface area contributed by atoms with Gasteiger partial charge in [-0.05, 0) is 13.1 Å². The Morgan fingerprint density at radius 2 is 2.38 bits per heavy atom. The molecule has 46 valence electrons. The van der Waals surface area contributed by atoms with E-state index < -0.39 is 0 Å². The zero-order valence-electron chi connectivity index (χ0n) is 5.18. The summed E-state index contributed by atoms with van der Waals surface area (Å²) in [4.78, 5) is 13.6. The fourth-order valence-electron chi connectivity index (χ4n) is 0.407. The molecule has 0 heterocycles. The van der Waals surface area contributed by atoms with E-state index in [9.17, 15) is 4.79 Å². The number of rotatable bonds is 3. The van der Waals surface area contributed by atoms with Crippen LogP contribution in [-0.4, -0.2) is 12.6 Å². The lowest BCUT2D eigenvalue weighted by molar-refractivity contribution is -0.117. The summed E-state index contributed by atoms with van der Waals surface area (Å²) >= 11 is 0. The minimum atomic E-state index is -0.0909. The largest absolute Gasteiger partial charge is 0.273 e. The molecule has 0 unspecified atom stereocenters. The van der Waals surface area contributed by atoms with E-state index in [1.807, 2.05) is 6.92 Å². The van der Waals surface area contributed by atoms with Gasteiger partial charge in [-0.2, -0.15) is 0 Å². The maximum Gasteiger partial charge on any atom is 0.245 e. The number of carbonyl (C=O) groups is 1. The molecule has 0 radical (unpaired) electrons. The van der Waals surface area contributed by atoms with Crippen LogP contribution in [0.1, 0.15) is 26.2 Å². The van der Waals surface area contributed by atoms with E-state index in [0.717, 1.165) is 12.8 Å². The van der Waals surface area contributed by atoms with E-state index in [1.54, 1.807) is 0 Å². The Bertz CT molecular complexity index is 88.5. The normalized spacial score (nSPS) is 8.62. The zero-order chi connectivity index (χ0) is 6.41. The molecule has 0 N–H and O–H groups in total. The van der Waals surface area contributed by atoms with E-state index in [0.29, 0.717) is 6.42 Å². The lowest BCUT2D eigenvalue weighted by atomic mass is 10.2. The molecule has 0 atom stereocenters. The first kappa shape index (κ1) is 7.34. The molecular formula is C6H11NO. The van der Waals surface area contributed by atoms with E-state index >= 15 is 0 Å². The molecule has 0 saturated heterocycles. The molecule has 0 rings (SSSR count). The summed E-state index contributed by atoms with van der Waals surface area (Å²) in [7, 11) is 0. The molecule has 0 aromatic heterocycles. The average Bonchev–Trinajstić information content (AvgIpc) is 1.83. The van der Waals surface area contributed by atoms with Gasteiger partial charge in [0, 0.05) is 6.42 Å². The second kappa shape index (κ2) is 4.50. The van der Waals surface area contributed by atoms with Crippen molar-refractivity contribution in [2.24, 2.45) is 4.99 Å². The highest BCUT2D eigenvalue weighted by Crippen LogP contribution is 1.94. The minimum Gasteiger partial charge on any atom is -0.273 e. The predicted octanol–water partition coefficient (Wildman–Crippen LogP) is 1.40. The Morgan fingerprint density at radius 1 is 1.75 bits per heavy atom. The maximum atomic E-state index is 10.3. The van der Waals surface area contributed by atoms with Crippen LogP contribution in [0.2, 0.25) is 0 Å². The Morgan fingerprint density at radius 3 is 2.75 bits per heavy atom. The third-order valence-electron chi connectivity index (χ3n) is 0.921. The highest BCUT2D eigenvalue weighted by molar-refractivity contribution is 5.80. The van der Waals surface area contributed by atoms with E-state index in [1.165, 1.54) is 0 Å².